The average Bonchev–Trinajstić information content (AvgIpc) is 2.30. The number of hydrogen-bond acceptors (Lipinski definition) is 3. The second-order valence-electron chi connectivity index (χ2n) is 4.52. The van der Waals surface area contributed by atoms with Gasteiger partial charge in [-0.3, -0.25) is 4.79 Å². The first-order chi connectivity index (χ1) is 8.20. The van der Waals surface area contributed by atoms with Crippen molar-refractivity contribution in [1.29, 1.82) is 0 Å². The highest BCUT2D eigenvalue weighted by Gasteiger charge is 2.23. The molecule has 92 valence electrons. The van der Waals surface area contributed by atoms with E-state index in [1.807, 2.05) is 19.1 Å². The molecule has 1 atom stereocenters. The summed E-state index contributed by atoms with van der Waals surface area (Å²) in [5.41, 5.74) is 2.11. The molecule has 0 fully saturated rings. The van der Waals surface area contributed by atoms with Gasteiger partial charge < -0.3 is 9.84 Å². The number of benzene rings is 1. The summed E-state index contributed by atoms with van der Waals surface area (Å²) in [6, 6.07) is 5.58. The fourth-order valence-electron chi connectivity index (χ4n) is 2.29. The maximum Gasteiger partial charge on any atom is 0.306 e. The molecule has 3 heteroatoms. The fourth-order valence-corrected chi connectivity index (χ4v) is 2.29. The van der Waals surface area contributed by atoms with Crippen molar-refractivity contribution < 1.29 is 14.6 Å². The van der Waals surface area contributed by atoms with E-state index in [0.29, 0.717) is 18.6 Å². The van der Waals surface area contributed by atoms with Crippen LogP contribution >= 0.6 is 0 Å². The summed E-state index contributed by atoms with van der Waals surface area (Å²) in [5, 5.41) is 9.77. The summed E-state index contributed by atoms with van der Waals surface area (Å²) in [6.45, 7) is 1.96. The summed E-state index contributed by atoms with van der Waals surface area (Å²) in [5.74, 6) is 0.190. The molecule has 1 aliphatic carbocycles. The molecular formula is C14H18O3. The highest BCUT2D eigenvalue weighted by Crippen LogP contribution is 2.29. The number of carbonyl (C=O) groups is 1. The monoisotopic (exact) mass is 234 g/mol. The van der Waals surface area contributed by atoms with Crippen LogP contribution < -0.4 is 0 Å². The lowest BCUT2D eigenvalue weighted by Crippen LogP contribution is -2.25. The Balaban J connectivity index is 2.03. The minimum atomic E-state index is -0.128. The van der Waals surface area contributed by atoms with Crippen molar-refractivity contribution in [3.63, 3.8) is 0 Å². The van der Waals surface area contributed by atoms with Gasteiger partial charge in [-0.25, -0.2) is 0 Å². The van der Waals surface area contributed by atoms with E-state index in [1.54, 1.807) is 6.07 Å². The molecule has 0 saturated heterocycles. The maximum absolute atomic E-state index is 11.4. The number of hydrogen-bond donors (Lipinski definition) is 1. The van der Waals surface area contributed by atoms with Gasteiger partial charge in [0.1, 0.15) is 11.9 Å². The Kier molecular flexibility index (Phi) is 3.67. The molecule has 1 N–H and O–H groups in total. The number of rotatable bonds is 3. The van der Waals surface area contributed by atoms with E-state index in [4.69, 9.17) is 4.74 Å². The number of aromatic hydroxyl groups is 1. The molecule has 0 aliphatic heterocycles. The van der Waals surface area contributed by atoms with Gasteiger partial charge in [-0.05, 0) is 30.9 Å². The van der Waals surface area contributed by atoms with E-state index >= 15 is 0 Å². The quantitative estimate of drug-likeness (QED) is 0.818. The molecule has 0 amide bonds. The molecule has 0 aromatic heterocycles. The van der Waals surface area contributed by atoms with Crippen LogP contribution in [0.2, 0.25) is 0 Å². The van der Waals surface area contributed by atoms with Crippen LogP contribution in [-0.4, -0.2) is 17.2 Å². The van der Waals surface area contributed by atoms with E-state index in [0.717, 1.165) is 24.8 Å². The van der Waals surface area contributed by atoms with Crippen LogP contribution in [0.25, 0.3) is 0 Å². The van der Waals surface area contributed by atoms with Crippen molar-refractivity contribution in [3.8, 4) is 5.75 Å². The Morgan fingerprint density at radius 3 is 3.12 bits per heavy atom. The minimum absolute atomic E-state index is 0.0742. The first-order valence-electron chi connectivity index (χ1n) is 6.20. The first kappa shape index (κ1) is 12.0. The molecule has 1 unspecified atom stereocenters. The minimum Gasteiger partial charge on any atom is -0.508 e. The van der Waals surface area contributed by atoms with Crippen molar-refractivity contribution >= 4 is 5.97 Å². The van der Waals surface area contributed by atoms with Gasteiger partial charge in [0.2, 0.25) is 0 Å². The maximum atomic E-state index is 11.4. The van der Waals surface area contributed by atoms with Crippen LogP contribution in [0.5, 0.6) is 5.75 Å². The van der Waals surface area contributed by atoms with Gasteiger partial charge in [0.05, 0.1) is 0 Å². The van der Waals surface area contributed by atoms with Gasteiger partial charge in [-0.1, -0.05) is 19.1 Å². The first-order valence-corrected chi connectivity index (χ1v) is 6.20. The standard InChI is InChI=1S/C14H18O3/c1-2-4-14(16)17-11-8-7-10-5-3-6-13(15)12(10)9-11/h3,5-6,11,15H,2,4,7-9H2,1H3. The summed E-state index contributed by atoms with van der Waals surface area (Å²) >= 11 is 0. The van der Waals surface area contributed by atoms with Gasteiger partial charge >= 0.3 is 5.97 Å². The van der Waals surface area contributed by atoms with E-state index < -0.39 is 0 Å². The number of fused-ring (bicyclic) bond motifs is 1. The van der Waals surface area contributed by atoms with Gasteiger partial charge in [0, 0.05) is 18.4 Å². The summed E-state index contributed by atoms with van der Waals surface area (Å²) in [7, 11) is 0. The molecular weight excluding hydrogens is 216 g/mol. The number of esters is 1. The summed E-state index contributed by atoms with van der Waals surface area (Å²) in [4.78, 5) is 11.4. The Morgan fingerprint density at radius 2 is 2.35 bits per heavy atom. The summed E-state index contributed by atoms with van der Waals surface area (Å²) < 4.78 is 5.39. The molecule has 3 nitrogen and oxygen atoms in total. The third-order valence-electron chi connectivity index (χ3n) is 3.17. The highest BCUT2D eigenvalue weighted by atomic mass is 16.5. The SMILES string of the molecule is CCCC(=O)OC1CCc2cccc(O)c2C1. The van der Waals surface area contributed by atoms with Crippen LogP contribution in [0.1, 0.15) is 37.3 Å². The van der Waals surface area contributed by atoms with Gasteiger partial charge in [0.15, 0.2) is 0 Å². The predicted molar refractivity (Wildman–Crippen MR) is 64.9 cm³/mol. The molecule has 1 aromatic carbocycles. The lowest BCUT2D eigenvalue weighted by atomic mass is 9.89. The Labute approximate surface area is 101 Å². The van der Waals surface area contributed by atoms with Gasteiger partial charge in [0.25, 0.3) is 0 Å². The van der Waals surface area contributed by atoms with E-state index in [1.165, 1.54) is 5.56 Å². The molecule has 0 heterocycles. The Hall–Kier alpha value is -1.51. The fraction of sp³-hybridized carbons (Fsp3) is 0.500. The molecule has 2 rings (SSSR count). The van der Waals surface area contributed by atoms with Crippen LogP contribution in [0.15, 0.2) is 18.2 Å². The number of phenols is 1. The Morgan fingerprint density at radius 1 is 1.53 bits per heavy atom. The highest BCUT2D eigenvalue weighted by molar-refractivity contribution is 5.69. The molecule has 0 saturated carbocycles. The number of phenolic OH excluding ortho intramolecular Hbond substituents is 1. The molecule has 0 bridgehead atoms. The normalized spacial score (nSPS) is 18.5. The van der Waals surface area contributed by atoms with Crippen LogP contribution in [0.3, 0.4) is 0 Å². The van der Waals surface area contributed by atoms with Crippen molar-refractivity contribution in [1.82, 2.24) is 0 Å². The van der Waals surface area contributed by atoms with Crippen LogP contribution in [-0.2, 0) is 22.4 Å². The third-order valence-corrected chi connectivity index (χ3v) is 3.17. The zero-order valence-electron chi connectivity index (χ0n) is 10.1. The van der Waals surface area contributed by atoms with E-state index in [9.17, 15) is 9.90 Å². The zero-order chi connectivity index (χ0) is 12.3. The zero-order valence-corrected chi connectivity index (χ0v) is 10.1. The van der Waals surface area contributed by atoms with Crippen molar-refractivity contribution in [2.24, 2.45) is 0 Å². The van der Waals surface area contributed by atoms with Crippen LogP contribution in [0, 0.1) is 0 Å². The van der Waals surface area contributed by atoms with Crippen molar-refractivity contribution in [2.75, 3.05) is 0 Å². The van der Waals surface area contributed by atoms with Gasteiger partial charge in [-0.15, -0.1) is 0 Å². The second-order valence-corrected chi connectivity index (χ2v) is 4.52. The molecule has 0 spiro atoms. The van der Waals surface area contributed by atoms with E-state index in [-0.39, 0.29) is 12.1 Å². The lowest BCUT2D eigenvalue weighted by molar-refractivity contribution is -0.149. The number of aryl methyl sites for hydroxylation is 1. The predicted octanol–water partition coefficient (Wildman–Crippen LogP) is 2.59. The molecule has 17 heavy (non-hydrogen) atoms. The summed E-state index contributed by atoms with van der Waals surface area (Å²) in [6.07, 6.45) is 3.57. The van der Waals surface area contributed by atoms with Crippen LogP contribution in [0.4, 0.5) is 0 Å². The molecule has 0 radical (unpaired) electrons. The smallest absolute Gasteiger partial charge is 0.306 e. The van der Waals surface area contributed by atoms with Gasteiger partial charge in [-0.2, -0.15) is 0 Å². The largest absolute Gasteiger partial charge is 0.508 e. The third kappa shape index (κ3) is 2.78. The topological polar surface area (TPSA) is 46.5 Å². The number of ether oxygens (including phenoxy) is 1. The Bertz CT molecular complexity index is 412. The average molecular weight is 234 g/mol. The molecule has 1 aliphatic rings. The van der Waals surface area contributed by atoms with Crippen molar-refractivity contribution in [2.45, 2.75) is 45.1 Å². The second kappa shape index (κ2) is 5.21. The number of carbonyl (C=O) groups excluding carboxylic acids is 1. The molecule has 1 aromatic rings. The van der Waals surface area contributed by atoms with Crippen molar-refractivity contribution in [3.05, 3.63) is 29.3 Å². The van der Waals surface area contributed by atoms with E-state index in [2.05, 4.69) is 0 Å². The lowest BCUT2D eigenvalue weighted by Gasteiger charge is -2.25.